The van der Waals surface area contributed by atoms with Crippen LogP contribution in [0.1, 0.15) is 18.9 Å². The van der Waals surface area contributed by atoms with Gasteiger partial charge in [0.2, 0.25) is 5.91 Å². The molecular weight excluding hydrogens is 290 g/mol. The minimum absolute atomic E-state index is 0.00656. The highest BCUT2D eigenvalue weighted by atomic mass is 32.2. The fourth-order valence-corrected chi connectivity index (χ4v) is 4.59. The van der Waals surface area contributed by atoms with Crippen LogP contribution in [0.4, 0.5) is 17.1 Å². The lowest BCUT2D eigenvalue weighted by atomic mass is 10.0. The third kappa shape index (κ3) is 2.70. The standard InChI is InChI=1S/C14H19N3O3S/c1-9-8-21(19,20)5-4-17(9)13-6-10-2-3-14(18)16-12(10)7-11(13)15/h6-7,9H,2-5,8,15H2,1H3,(H,16,18). The fraction of sp³-hybridized carbons (Fsp3) is 0.500. The van der Waals surface area contributed by atoms with Crippen LogP contribution in [-0.2, 0) is 21.1 Å². The molecule has 114 valence electrons. The van der Waals surface area contributed by atoms with Crippen LogP contribution >= 0.6 is 0 Å². The first kappa shape index (κ1) is 14.2. The van der Waals surface area contributed by atoms with E-state index in [4.69, 9.17) is 5.73 Å². The highest BCUT2D eigenvalue weighted by Gasteiger charge is 2.30. The van der Waals surface area contributed by atoms with Crippen molar-refractivity contribution < 1.29 is 13.2 Å². The number of nitrogens with two attached hydrogens (primary N) is 1. The van der Waals surface area contributed by atoms with E-state index in [1.54, 1.807) is 6.07 Å². The summed E-state index contributed by atoms with van der Waals surface area (Å²) in [5.41, 5.74) is 9.37. The molecule has 2 heterocycles. The highest BCUT2D eigenvalue weighted by Crippen LogP contribution is 2.35. The summed E-state index contributed by atoms with van der Waals surface area (Å²) < 4.78 is 23.4. The minimum atomic E-state index is -2.95. The van der Waals surface area contributed by atoms with E-state index in [-0.39, 0.29) is 23.5 Å². The number of benzene rings is 1. The van der Waals surface area contributed by atoms with Crippen LogP contribution in [-0.4, -0.2) is 38.4 Å². The topological polar surface area (TPSA) is 92.5 Å². The summed E-state index contributed by atoms with van der Waals surface area (Å²) >= 11 is 0. The SMILES string of the molecule is CC1CS(=O)(=O)CCN1c1cc2c(cc1N)NC(=O)CC2. The van der Waals surface area contributed by atoms with Gasteiger partial charge >= 0.3 is 0 Å². The van der Waals surface area contributed by atoms with Crippen molar-refractivity contribution in [2.24, 2.45) is 0 Å². The minimum Gasteiger partial charge on any atom is -0.397 e. The van der Waals surface area contributed by atoms with Gasteiger partial charge in [-0.3, -0.25) is 4.79 Å². The van der Waals surface area contributed by atoms with Gasteiger partial charge < -0.3 is 16.0 Å². The number of anilines is 3. The Morgan fingerprint density at radius 2 is 2.10 bits per heavy atom. The molecule has 1 aromatic rings. The molecule has 1 atom stereocenters. The molecule has 1 unspecified atom stereocenters. The number of carbonyl (C=O) groups is 1. The number of carbonyl (C=O) groups excluding carboxylic acids is 1. The number of nitrogens with zero attached hydrogens (tertiary/aromatic N) is 1. The number of hydrogen-bond acceptors (Lipinski definition) is 5. The van der Waals surface area contributed by atoms with Gasteiger partial charge in [0.25, 0.3) is 0 Å². The van der Waals surface area contributed by atoms with Crippen LogP contribution in [0.25, 0.3) is 0 Å². The molecule has 0 saturated carbocycles. The molecule has 1 aromatic carbocycles. The van der Waals surface area contributed by atoms with Gasteiger partial charge in [0.05, 0.1) is 22.9 Å². The van der Waals surface area contributed by atoms with Crippen LogP contribution in [0.2, 0.25) is 0 Å². The Labute approximate surface area is 124 Å². The first-order chi connectivity index (χ1) is 9.85. The van der Waals surface area contributed by atoms with Gasteiger partial charge in [0, 0.05) is 24.7 Å². The molecule has 21 heavy (non-hydrogen) atoms. The predicted octanol–water partition coefficient (Wildman–Crippen LogP) is 0.777. The number of amides is 1. The molecule has 3 N–H and O–H groups in total. The predicted molar refractivity (Wildman–Crippen MR) is 83.3 cm³/mol. The molecule has 0 aromatic heterocycles. The summed E-state index contributed by atoms with van der Waals surface area (Å²) in [5.74, 6) is 0.317. The van der Waals surface area contributed by atoms with E-state index >= 15 is 0 Å². The summed E-state index contributed by atoms with van der Waals surface area (Å²) in [6.45, 7) is 2.36. The van der Waals surface area contributed by atoms with Crippen LogP contribution in [0.15, 0.2) is 12.1 Å². The quantitative estimate of drug-likeness (QED) is 0.748. The molecule has 0 bridgehead atoms. The number of hydrogen-bond donors (Lipinski definition) is 2. The number of rotatable bonds is 1. The Morgan fingerprint density at radius 3 is 2.81 bits per heavy atom. The highest BCUT2D eigenvalue weighted by molar-refractivity contribution is 7.91. The third-order valence-corrected chi connectivity index (χ3v) is 5.92. The number of sulfone groups is 1. The molecule has 6 nitrogen and oxygen atoms in total. The zero-order valence-corrected chi connectivity index (χ0v) is 12.7. The summed E-state index contributed by atoms with van der Waals surface area (Å²) in [5, 5.41) is 2.82. The molecule has 0 radical (unpaired) electrons. The maximum absolute atomic E-state index is 11.7. The average molecular weight is 309 g/mol. The summed E-state index contributed by atoms with van der Waals surface area (Å²) in [7, 11) is -2.95. The summed E-state index contributed by atoms with van der Waals surface area (Å²) in [6, 6.07) is 3.66. The van der Waals surface area contributed by atoms with Crippen molar-refractivity contribution in [2.75, 3.05) is 34.0 Å². The molecule has 3 rings (SSSR count). The third-order valence-electron chi connectivity index (χ3n) is 4.13. The smallest absolute Gasteiger partial charge is 0.224 e. The van der Waals surface area contributed by atoms with Crippen molar-refractivity contribution in [3.05, 3.63) is 17.7 Å². The zero-order chi connectivity index (χ0) is 15.2. The lowest BCUT2D eigenvalue weighted by Gasteiger charge is -2.36. The maximum atomic E-state index is 11.7. The molecule has 2 aliphatic rings. The van der Waals surface area contributed by atoms with E-state index in [0.717, 1.165) is 16.9 Å². The van der Waals surface area contributed by atoms with Crippen LogP contribution in [0.3, 0.4) is 0 Å². The molecular formula is C14H19N3O3S. The van der Waals surface area contributed by atoms with Crippen molar-refractivity contribution >= 4 is 32.8 Å². The van der Waals surface area contributed by atoms with Gasteiger partial charge in [-0.05, 0) is 31.0 Å². The number of fused-ring (bicyclic) bond motifs is 1. The van der Waals surface area contributed by atoms with E-state index in [9.17, 15) is 13.2 Å². The van der Waals surface area contributed by atoms with E-state index in [2.05, 4.69) is 5.32 Å². The Balaban J connectivity index is 1.94. The maximum Gasteiger partial charge on any atom is 0.224 e. The second kappa shape index (κ2) is 4.91. The van der Waals surface area contributed by atoms with Crippen LogP contribution in [0.5, 0.6) is 0 Å². The molecule has 2 aliphatic heterocycles. The van der Waals surface area contributed by atoms with Crippen molar-refractivity contribution in [1.82, 2.24) is 0 Å². The van der Waals surface area contributed by atoms with Crippen molar-refractivity contribution in [1.29, 1.82) is 0 Å². The molecule has 1 fully saturated rings. The summed E-state index contributed by atoms with van der Waals surface area (Å²) in [4.78, 5) is 13.5. The first-order valence-electron chi connectivity index (χ1n) is 7.05. The van der Waals surface area contributed by atoms with Crippen LogP contribution < -0.4 is 16.0 Å². The van der Waals surface area contributed by atoms with Gasteiger partial charge in [0.1, 0.15) is 0 Å². The molecule has 0 spiro atoms. The Hall–Kier alpha value is -1.76. The zero-order valence-electron chi connectivity index (χ0n) is 11.9. The van der Waals surface area contributed by atoms with E-state index in [0.29, 0.717) is 25.1 Å². The van der Waals surface area contributed by atoms with Gasteiger partial charge in [-0.25, -0.2) is 8.42 Å². The van der Waals surface area contributed by atoms with E-state index in [1.807, 2.05) is 17.9 Å². The van der Waals surface area contributed by atoms with Crippen molar-refractivity contribution in [2.45, 2.75) is 25.8 Å². The average Bonchev–Trinajstić information content (AvgIpc) is 2.37. The largest absolute Gasteiger partial charge is 0.397 e. The van der Waals surface area contributed by atoms with Gasteiger partial charge in [0.15, 0.2) is 9.84 Å². The lowest BCUT2D eigenvalue weighted by Crippen LogP contribution is -2.47. The second-order valence-electron chi connectivity index (χ2n) is 5.77. The first-order valence-corrected chi connectivity index (χ1v) is 8.87. The normalized spacial score (nSPS) is 24.3. The van der Waals surface area contributed by atoms with Gasteiger partial charge in [-0.2, -0.15) is 0 Å². The number of nitrogen functional groups attached to an aromatic ring is 1. The summed E-state index contributed by atoms with van der Waals surface area (Å²) in [6.07, 6.45) is 1.16. The molecule has 1 saturated heterocycles. The second-order valence-corrected chi connectivity index (χ2v) is 8.00. The van der Waals surface area contributed by atoms with Crippen LogP contribution in [0, 0.1) is 0 Å². The number of nitrogens with one attached hydrogen (secondary N) is 1. The Morgan fingerprint density at radius 1 is 1.33 bits per heavy atom. The van der Waals surface area contributed by atoms with E-state index < -0.39 is 9.84 Å². The lowest BCUT2D eigenvalue weighted by molar-refractivity contribution is -0.116. The molecule has 0 aliphatic carbocycles. The Bertz CT molecular complexity index is 700. The Kier molecular flexibility index (Phi) is 3.32. The fourth-order valence-electron chi connectivity index (χ4n) is 3.04. The van der Waals surface area contributed by atoms with Gasteiger partial charge in [-0.15, -0.1) is 0 Å². The van der Waals surface area contributed by atoms with Crippen molar-refractivity contribution in [3.8, 4) is 0 Å². The number of aryl methyl sites for hydroxylation is 1. The molecule has 1 amide bonds. The monoisotopic (exact) mass is 309 g/mol. The van der Waals surface area contributed by atoms with E-state index in [1.165, 1.54) is 0 Å². The van der Waals surface area contributed by atoms with Gasteiger partial charge in [-0.1, -0.05) is 0 Å². The molecule has 7 heteroatoms. The van der Waals surface area contributed by atoms with Crippen molar-refractivity contribution in [3.63, 3.8) is 0 Å².